The maximum Gasteiger partial charge on any atom is 0.323 e. The van der Waals surface area contributed by atoms with Crippen molar-refractivity contribution >= 4 is 63.2 Å². The molecule has 2 amide bonds. The van der Waals surface area contributed by atoms with Gasteiger partial charge < -0.3 is 10.6 Å². The van der Waals surface area contributed by atoms with E-state index in [1.807, 2.05) is 0 Å². The summed E-state index contributed by atoms with van der Waals surface area (Å²) >= 11 is 13.8. The molecule has 0 unspecified atom stereocenters. The molecule has 2 rings (SSSR count). The van der Waals surface area contributed by atoms with Crippen LogP contribution in [0.25, 0.3) is 0 Å². The largest absolute Gasteiger partial charge is 0.323 e. The summed E-state index contributed by atoms with van der Waals surface area (Å²) in [5, 5.41) is 6.65. The highest BCUT2D eigenvalue weighted by atomic mass is 127. The fourth-order valence-corrected chi connectivity index (χ4v) is 2.64. The first-order valence-electron chi connectivity index (χ1n) is 5.33. The molecule has 0 bridgehead atoms. The summed E-state index contributed by atoms with van der Waals surface area (Å²) in [5.41, 5.74) is 1.33. The van der Waals surface area contributed by atoms with Crippen LogP contribution in [-0.4, -0.2) is 6.03 Å². The van der Waals surface area contributed by atoms with Crippen molar-refractivity contribution in [3.05, 3.63) is 56.1 Å². The number of halogens is 3. The Bertz CT molecular complexity index is 619. The Morgan fingerprint density at radius 2 is 1.74 bits per heavy atom. The van der Waals surface area contributed by atoms with E-state index in [0.29, 0.717) is 21.4 Å². The predicted molar refractivity (Wildman–Crippen MR) is 88.3 cm³/mol. The molecular formula is C13H9Cl2IN2O. The van der Waals surface area contributed by atoms with Crippen molar-refractivity contribution < 1.29 is 4.79 Å². The van der Waals surface area contributed by atoms with E-state index < -0.39 is 0 Å². The normalized spacial score (nSPS) is 10.1. The van der Waals surface area contributed by atoms with Gasteiger partial charge in [-0.1, -0.05) is 29.3 Å². The number of amides is 2. The molecular weight excluding hydrogens is 398 g/mol. The monoisotopic (exact) mass is 406 g/mol. The second-order valence-corrected chi connectivity index (χ2v) is 5.75. The van der Waals surface area contributed by atoms with Gasteiger partial charge >= 0.3 is 6.03 Å². The van der Waals surface area contributed by atoms with E-state index >= 15 is 0 Å². The topological polar surface area (TPSA) is 41.1 Å². The lowest BCUT2D eigenvalue weighted by Gasteiger charge is -2.09. The van der Waals surface area contributed by atoms with Gasteiger partial charge in [0, 0.05) is 19.3 Å². The molecule has 98 valence electrons. The van der Waals surface area contributed by atoms with Crippen LogP contribution in [0.15, 0.2) is 42.5 Å². The summed E-state index contributed by atoms with van der Waals surface area (Å²) in [6, 6.07) is 11.9. The fourth-order valence-electron chi connectivity index (χ4n) is 1.44. The highest BCUT2D eigenvalue weighted by molar-refractivity contribution is 14.1. The third-order valence-corrected chi connectivity index (χ3v) is 3.62. The van der Waals surface area contributed by atoms with Crippen LogP contribution in [-0.2, 0) is 0 Å². The lowest BCUT2D eigenvalue weighted by atomic mass is 10.3. The zero-order chi connectivity index (χ0) is 13.8. The highest BCUT2D eigenvalue weighted by Gasteiger charge is 2.06. The Kier molecular flexibility index (Phi) is 4.90. The lowest BCUT2D eigenvalue weighted by molar-refractivity contribution is 0.262. The molecule has 0 fully saturated rings. The summed E-state index contributed by atoms with van der Waals surface area (Å²) in [6.45, 7) is 0. The predicted octanol–water partition coefficient (Wildman–Crippen LogP) is 5.24. The number of hydrogen-bond donors (Lipinski definition) is 2. The van der Waals surface area contributed by atoms with E-state index in [4.69, 9.17) is 23.2 Å². The van der Waals surface area contributed by atoms with E-state index in [9.17, 15) is 4.79 Å². The molecule has 0 radical (unpaired) electrons. The Balaban J connectivity index is 2.05. The van der Waals surface area contributed by atoms with Crippen molar-refractivity contribution in [1.82, 2.24) is 0 Å². The minimum atomic E-state index is -0.331. The van der Waals surface area contributed by atoms with Crippen molar-refractivity contribution in [3.8, 4) is 0 Å². The van der Waals surface area contributed by atoms with Gasteiger partial charge in [0.2, 0.25) is 0 Å². The maximum atomic E-state index is 11.8. The van der Waals surface area contributed by atoms with Crippen LogP contribution < -0.4 is 10.6 Å². The number of urea groups is 1. The standard InChI is InChI=1S/C13H9Cl2IN2O/c14-8-2-1-3-10(6-8)17-13(19)18-12-5-4-9(15)7-11(12)16/h1-7H,(H2,17,18,19). The second kappa shape index (κ2) is 6.45. The minimum absolute atomic E-state index is 0.331. The molecule has 0 atom stereocenters. The van der Waals surface area contributed by atoms with Crippen molar-refractivity contribution in [2.24, 2.45) is 0 Å². The molecule has 0 aromatic heterocycles. The summed E-state index contributed by atoms with van der Waals surface area (Å²) < 4.78 is 0.867. The van der Waals surface area contributed by atoms with Gasteiger partial charge in [-0.2, -0.15) is 0 Å². The number of nitrogens with one attached hydrogen (secondary N) is 2. The third kappa shape index (κ3) is 4.26. The minimum Gasteiger partial charge on any atom is -0.308 e. The molecule has 0 saturated carbocycles. The molecule has 2 aromatic rings. The summed E-state index contributed by atoms with van der Waals surface area (Å²) in [4.78, 5) is 11.8. The van der Waals surface area contributed by atoms with Crippen LogP contribution >= 0.6 is 45.8 Å². The van der Waals surface area contributed by atoms with Crippen molar-refractivity contribution in [2.75, 3.05) is 10.6 Å². The first kappa shape index (κ1) is 14.4. The quantitative estimate of drug-likeness (QED) is 0.657. The van der Waals surface area contributed by atoms with Crippen molar-refractivity contribution in [1.29, 1.82) is 0 Å². The molecule has 2 aromatic carbocycles. The molecule has 0 aliphatic heterocycles. The molecule has 0 aliphatic rings. The first-order valence-corrected chi connectivity index (χ1v) is 7.17. The number of anilines is 2. The number of carbonyl (C=O) groups excluding carboxylic acids is 1. The van der Waals surface area contributed by atoms with Crippen molar-refractivity contribution in [3.63, 3.8) is 0 Å². The Morgan fingerprint density at radius 3 is 2.42 bits per heavy atom. The Morgan fingerprint density at radius 1 is 1.00 bits per heavy atom. The summed E-state index contributed by atoms with van der Waals surface area (Å²) in [6.07, 6.45) is 0. The number of rotatable bonds is 2. The van der Waals surface area contributed by atoms with Gasteiger partial charge in [-0.05, 0) is 59.0 Å². The molecule has 2 N–H and O–H groups in total. The molecule has 0 saturated heterocycles. The maximum absolute atomic E-state index is 11.8. The fraction of sp³-hybridized carbons (Fsp3) is 0. The number of hydrogen-bond acceptors (Lipinski definition) is 1. The van der Waals surface area contributed by atoms with Gasteiger partial charge in [-0.3, -0.25) is 0 Å². The van der Waals surface area contributed by atoms with Crippen LogP contribution in [0.3, 0.4) is 0 Å². The molecule has 0 aliphatic carbocycles. The number of carbonyl (C=O) groups is 1. The van der Waals surface area contributed by atoms with Crippen molar-refractivity contribution in [2.45, 2.75) is 0 Å². The summed E-state index contributed by atoms with van der Waals surface area (Å²) in [5.74, 6) is 0. The molecule has 3 nitrogen and oxygen atoms in total. The Labute approximate surface area is 134 Å². The highest BCUT2D eigenvalue weighted by Crippen LogP contribution is 2.22. The van der Waals surface area contributed by atoms with Gasteiger partial charge in [0.15, 0.2) is 0 Å². The van der Waals surface area contributed by atoms with Gasteiger partial charge in [0.05, 0.1) is 5.69 Å². The van der Waals surface area contributed by atoms with Crippen LogP contribution in [0.4, 0.5) is 16.2 Å². The summed E-state index contributed by atoms with van der Waals surface area (Å²) in [7, 11) is 0. The van der Waals surface area contributed by atoms with E-state index in [-0.39, 0.29) is 6.03 Å². The van der Waals surface area contributed by atoms with Gasteiger partial charge in [0.25, 0.3) is 0 Å². The first-order chi connectivity index (χ1) is 9.04. The molecule has 0 spiro atoms. The van der Waals surface area contributed by atoms with Crippen LogP contribution in [0.5, 0.6) is 0 Å². The second-order valence-electron chi connectivity index (χ2n) is 3.71. The smallest absolute Gasteiger partial charge is 0.308 e. The average molecular weight is 407 g/mol. The molecule has 0 heterocycles. The van der Waals surface area contributed by atoms with Crippen LogP contribution in [0.1, 0.15) is 0 Å². The van der Waals surface area contributed by atoms with Crippen LogP contribution in [0.2, 0.25) is 10.0 Å². The van der Waals surface area contributed by atoms with E-state index in [1.165, 1.54) is 0 Å². The SMILES string of the molecule is O=C(Nc1cccc(Cl)c1)Nc1ccc(Cl)cc1I. The van der Waals surface area contributed by atoms with Gasteiger partial charge in [-0.15, -0.1) is 0 Å². The lowest BCUT2D eigenvalue weighted by Crippen LogP contribution is -2.19. The van der Waals surface area contributed by atoms with E-state index in [0.717, 1.165) is 3.57 Å². The average Bonchev–Trinajstić information content (AvgIpc) is 2.33. The number of benzene rings is 2. The molecule has 19 heavy (non-hydrogen) atoms. The van der Waals surface area contributed by atoms with Gasteiger partial charge in [0.1, 0.15) is 0 Å². The zero-order valence-corrected chi connectivity index (χ0v) is 13.3. The zero-order valence-electron chi connectivity index (χ0n) is 9.58. The van der Waals surface area contributed by atoms with Crippen LogP contribution in [0, 0.1) is 3.57 Å². The van der Waals surface area contributed by atoms with E-state index in [2.05, 4.69) is 33.2 Å². The Hall–Kier alpha value is -0.980. The third-order valence-electron chi connectivity index (χ3n) is 2.26. The van der Waals surface area contributed by atoms with E-state index in [1.54, 1.807) is 42.5 Å². The molecule has 6 heteroatoms. The van der Waals surface area contributed by atoms with Gasteiger partial charge in [-0.25, -0.2) is 4.79 Å².